The van der Waals surface area contributed by atoms with Crippen LogP contribution >= 0.6 is 0 Å². The minimum Gasteiger partial charge on any atom is -0.484 e. The Kier molecular flexibility index (Phi) is 6.36. The van der Waals surface area contributed by atoms with Gasteiger partial charge in [-0.25, -0.2) is 13.1 Å². The average molecular weight is 403 g/mol. The van der Waals surface area contributed by atoms with Gasteiger partial charge in [0.1, 0.15) is 5.75 Å². The highest BCUT2D eigenvalue weighted by Crippen LogP contribution is 2.19. The van der Waals surface area contributed by atoms with Gasteiger partial charge in [-0.3, -0.25) is 4.79 Å². The molecular weight excluding hydrogens is 376 g/mol. The van der Waals surface area contributed by atoms with Gasteiger partial charge in [0.25, 0.3) is 5.91 Å². The molecule has 0 unspecified atom stereocenters. The Bertz CT molecular complexity index is 921. The summed E-state index contributed by atoms with van der Waals surface area (Å²) < 4.78 is 33.3. The molecule has 1 fully saturated rings. The van der Waals surface area contributed by atoms with Crippen molar-refractivity contribution in [3.8, 4) is 5.75 Å². The maximum Gasteiger partial charge on any atom is 0.260 e. The zero-order valence-corrected chi connectivity index (χ0v) is 17.0. The Hall–Kier alpha value is -2.38. The number of carbonyl (C=O) groups excluding carboxylic acids is 1. The lowest BCUT2D eigenvalue weighted by molar-refractivity contribution is -0.134. The molecule has 1 N–H and O–H groups in total. The van der Waals surface area contributed by atoms with Crippen LogP contribution in [-0.4, -0.2) is 45.0 Å². The van der Waals surface area contributed by atoms with Crippen molar-refractivity contribution in [2.75, 3.05) is 19.7 Å². The van der Waals surface area contributed by atoms with Gasteiger partial charge in [0.2, 0.25) is 10.0 Å². The molecule has 2 aromatic carbocycles. The molecule has 7 heteroatoms. The van der Waals surface area contributed by atoms with Crippen LogP contribution in [0.1, 0.15) is 24.0 Å². The lowest BCUT2D eigenvalue weighted by Gasteiger charge is -2.32. The summed E-state index contributed by atoms with van der Waals surface area (Å²) in [6.07, 6.45) is 1.17. The van der Waals surface area contributed by atoms with Crippen LogP contribution in [0.5, 0.6) is 5.75 Å². The number of hydrogen-bond donors (Lipinski definition) is 1. The fraction of sp³-hybridized carbons (Fsp3) is 0.381. The van der Waals surface area contributed by atoms with Gasteiger partial charge in [-0.2, -0.15) is 0 Å². The first-order chi connectivity index (χ1) is 13.3. The van der Waals surface area contributed by atoms with Crippen LogP contribution in [0.4, 0.5) is 0 Å². The summed E-state index contributed by atoms with van der Waals surface area (Å²) in [5, 5.41) is 0. The van der Waals surface area contributed by atoms with Crippen molar-refractivity contribution in [2.24, 2.45) is 0 Å². The van der Waals surface area contributed by atoms with Gasteiger partial charge >= 0.3 is 0 Å². The summed E-state index contributed by atoms with van der Waals surface area (Å²) in [7, 11) is -3.53. The lowest BCUT2D eigenvalue weighted by atomic mass is 10.1. The van der Waals surface area contributed by atoms with Crippen molar-refractivity contribution in [1.82, 2.24) is 9.62 Å². The van der Waals surface area contributed by atoms with Gasteiger partial charge in [-0.1, -0.05) is 35.9 Å². The van der Waals surface area contributed by atoms with Crippen LogP contribution in [0, 0.1) is 13.8 Å². The van der Waals surface area contributed by atoms with Crippen molar-refractivity contribution >= 4 is 15.9 Å². The van der Waals surface area contributed by atoms with E-state index in [4.69, 9.17) is 4.74 Å². The molecule has 150 valence electrons. The molecule has 28 heavy (non-hydrogen) atoms. The highest BCUT2D eigenvalue weighted by atomic mass is 32.2. The van der Waals surface area contributed by atoms with E-state index in [2.05, 4.69) is 4.72 Å². The third kappa shape index (κ3) is 5.11. The standard InChI is InChI=1S/C21H26N2O4S/c1-16-8-9-20(17(2)14-16)27-15-21(24)23-12-10-18(11-13-23)22-28(25,26)19-6-4-3-5-7-19/h3-9,14,18,22H,10-13,15H2,1-2H3. The zero-order valence-electron chi connectivity index (χ0n) is 16.2. The van der Waals surface area contributed by atoms with Crippen LogP contribution in [0.3, 0.4) is 0 Å². The van der Waals surface area contributed by atoms with Gasteiger partial charge in [-0.15, -0.1) is 0 Å². The van der Waals surface area contributed by atoms with Crippen LogP contribution in [0.2, 0.25) is 0 Å². The minimum absolute atomic E-state index is 0.00961. The number of ether oxygens (including phenoxy) is 1. The van der Waals surface area contributed by atoms with Crippen molar-refractivity contribution < 1.29 is 17.9 Å². The van der Waals surface area contributed by atoms with Crippen LogP contribution in [0.15, 0.2) is 53.4 Å². The predicted molar refractivity (Wildman–Crippen MR) is 108 cm³/mol. The fourth-order valence-electron chi connectivity index (χ4n) is 3.33. The number of nitrogens with zero attached hydrogens (tertiary/aromatic N) is 1. The predicted octanol–water partition coefficient (Wildman–Crippen LogP) is 2.65. The minimum atomic E-state index is -3.53. The number of likely N-dealkylation sites (tertiary alicyclic amines) is 1. The molecule has 1 heterocycles. The molecule has 1 amide bonds. The molecule has 0 spiro atoms. The Balaban J connectivity index is 1.49. The second-order valence-corrected chi connectivity index (χ2v) is 8.86. The maximum atomic E-state index is 12.4. The molecule has 0 aromatic heterocycles. The topological polar surface area (TPSA) is 75.7 Å². The Morgan fingerprint density at radius 1 is 1.11 bits per heavy atom. The van der Waals surface area contributed by atoms with Gasteiger partial charge < -0.3 is 9.64 Å². The molecule has 0 radical (unpaired) electrons. The Morgan fingerprint density at radius 3 is 2.43 bits per heavy atom. The SMILES string of the molecule is Cc1ccc(OCC(=O)N2CCC(NS(=O)(=O)c3ccccc3)CC2)c(C)c1. The van der Waals surface area contributed by atoms with E-state index in [0.29, 0.717) is 31.7 Å². The second kappa shape index (κ2) is 8.75. The van der Waals surface area contributed by atoms with E-state index in [1.54, 1.807) is 35.2 Å². The smallest absolute Gasteiger partial charge is 0.260 e. The van der Waals surface area contributed by atoms with E-state index < -0.39 is 10.0 Å². The highest BCUT2D eigenvalue weighted by Gasteiger charge is 2.26. The normalized spacial score (nSPS) is 15.4. The molecule has 0 bridgehead atoms. The third-order valence-electron chi connectivity index (χ3n) is 4.90. The zero-order chi connectivity index (χ0) is 20.1. The number of amides is 1. The first kappa shape index (κ1) is 20.4. The molecule has 1 aliphatic heterocycles. The molecule has 1 saturated heterocycles. The third-order valence-corrected chi connectivity index (χ3v) is 6.44. The molecule has 3 rings (SSSR count). The summed E-state index contributed by atoms with van der Waals surface area (Å²) in [5.74, 6) is 0.633. The summed E-state index contributed by atoms with van der Waals surface area (Å²) in [6.45, 7) is 4.98. The van der Waals surface area contributed by atoms with Gasteiger partial charge in [0.05, 0.1) is 4.90 Å². The largest absolute Gasteiger partial charge is 0.484 e. The first-order valence-corrected chi connectivity index (χ1v) is 10.9. The summed E-state index contributed by atoms with van der Waals surface area (Å²) in [5.41, 5.74) is 2.15. The number of rotatable bonds is 6. The van der Waals surface area contributed by atoms with Crippen LogP contribution in [-0.2, 0) is 14.8 Å². The Labute approximate surface area is 166 Å². The van der Waals surface area contributed by atoms with E-state index in [-0.39, 0.29) is 23.5 Å². The lowest BCUT2D eigenvalue weighted by Crippen LogP contribution is -2.47. The van der Waals surface area contributed by atoms with Crippen LogP contribution in [0.25, 0.3) is 0 Å². The molecule has 0 saturated carbocycles. The quantitative estimate of drug-likeness (QED) is 0.806. The van der Waals surface area contributed by atoms with Crippen molar-refractivity contribution in [3.05, 3.63) is 59.7 Å². The second-order valence-electron chi connectivity index (χ2n) is 7.15. The maximum absolute atomic E-state index is 12.4. The summed E-state index contributed by atoms with van der Waals surface area (Å²) in [4.78, 5) is 14.4. The monoisotopic (exact) mass is 402 g/mol. The number of carbonyl (C=O) groups is 1. The first-order valence-electron chi connectivity index (χ1n) is 9.40. The molecule has 2 aromatic rings. The number of benzene rings is 2. The van der Waals surface area contributed by atoms with Crippen molar-refractivity contribution in [2.45, 2.75) is 37.6 Å². The van der Waals surface area contributed by atoms with Crippen LogP contribution < -0.4 is 9.46 Å². The van der Waals surface area contributed by atoms with Gasteiger partial charge in [-0.05, 0) is 50.5 Å². The summed E-state index contributed by atoms with van der Waals surface area (Å²) in [6, 6.07) is 14.0. The van der Waals surface area contributed by atoms with Gasteiger partial charge in [0, 0.05) is 19.1 Å². The van der Waals surface area contributed by atoms with Crippen molar-refractivity contribution in [3.63, 3.8) is 0 Å². The number of aryl methyl sites for hydroxylation is 2. The molecule has 0 atom stereocenters. The molecule has 0 aliphatic carbocycles. The Morgan fingerprint density at radius 2 is 1.79 bits per heavy atom. The van der Waals surface area contributed by atoms with E-state index in [1.165, 1.54) is 0 Å². The number of hydrogen-bond acceptors (Lipinski definition) is 4. The molecular formula is C21H26N2O4S. The van der Waals surface area contributed by atoms with E-state index in [0.717, 1.165) is 11.1 Å². The summed E-state index contributed by atoms with van der Waals surface area (Å²) >= 11 is 0. The van der Waals surface area contributed by atoms with E-state index >= 15 is 0 Å². The number of sulfonamides is 1. The fourth-order valence-corrected chi connectivity index (χ4v) is 4.65. The molecule has 6 nitrogen and oxygen atoms in total. The highest BCUT2D eigenvalue weighted by molar-refractivity contribution is 7.89. The molecule has 1 aliphatic rings. The average Bonchev–Trinajstić information content (AvgIpc) is 2.68. The van der Waals surface area contributed by atoms with E-state index in [1.807, 2.05) is 32.0 Å². The number of nitrogens with one attached hydrogen (secondary N) is 1. The number of piperidine rings is 1. The van der Waals surface area contributed by atoms with E-state index in [9.17, 15) is 13.2 Å². The van der Waals surface area contributed by atoms with Crippen molar-refractivity contribution in [1.29, 1.82) is 0 Å². The van der Waals surface area contributed by atoms with Gasteiger partial charge in [0.15, 0.2) is 6.61 Å².